The van der Waals surface area contributed by atoms with Crippen molar-refractivity contribution in [1.29, 1.82) is 0 Å². The van der Waals surface area contributed by atoms with Gasteiger partial charge in [0.2, 0.25) is 0 Å². The van der Waals surface area contributed by atoms with Crippen LogP contribution < -0.4 is 5.73 Å². The van der Waals surface area contributed by atoms with Crippen molar-refractivity contribution in [2.24, 2.45) is 0 Å². The minimum Gasteiger partial charge on any atom is -0.398 e. The summed E-state index contributed by atoms with van der Waals surface area (Å²) in [7, 11) is 0. The predicted octanol–water partition coefficient (Wildman–Crippen LogP) is 1.65. The molecule has 0 radical (unpaired) electrons. The van der Waals surface area contributed by atoms with Crippen LogP contribution in [-0.4, -0.2) is 35.6 Å². The first-order chi connectivity index (χ1) is 8.10. The number of hydrogen-bond acceptors (Lipinski definition) is 3. The van der Waals surface area contributed by atoms with Crippen LogP contribution in [0.4, 0.5) is 5.69 Å². The normalized spacial score (nSPS) is 10.0. The number of rotatable bonds is 5. The zero-order chi connectivity index (χ0) is 12.8. The Hall–Kier alpha value is -1.33. The van der Waals surface area contributed by atoms with E-state index in [1.54, 1.807) is 24.3 Å². The number of anilines is 1. The monoisotopic (exact) mass is 298 g/mol. The average Bonchev–Trinajstić information content (AvgIpc) is 2.31. The van der Waals surface area contributed by atoms with Gasteiger partial charge in [-0.1, -0.05) is 6.08 Å². The third kappa shape index (κ3) is 3.57. The Labute approximate surface area is 109 Å². The van der Waals surface area contributed by atoms with Crippen molar-refractivity contribution >= 4 is 27.5 Å². The van der Waals surface area contributed by atoms with E-state index >= 15 is 0 Å². The van der Waals surface area contributed by atoms with E-state index in [0.717, 1.165) is 4.47 Å². The Morgan fingerprint density at radius 1 is 1.59 bits per heavy atom. The summed E-state index contributed by atoms with van der Waals surface area (Å²) in [5.74, 6) is -0.168. The molecule has 1 amide bonds. The summed E-state index contributed by atoms with van der Waals surface area (Å²) in [6, 6.07) is 5.03. The van der Waals surface area contributed by atoms with Crippen molar-refractivity contribution < 1.29 is 9.90 Å². The zero-order valence-electron chi connectivity index (χ0n) is 9.40. The number of nitrogen functional groups attached to an aromatic ring is 1. The molecular formula is C12H15BrN2O2. The van der Waals surface area contributed by atoms with Gasteiger partial charge in [-0.3, -0.25) is 4.79 Å². The summed E-state index contributed by atoms with van der Waals surface area (Å²) in [6.07, 6.45) is 1.62. The third-order valence-electron chi connectivity index (χ3n) is 2.25. The maximum atomic E-state index is 12.1. The molecular weight excluding hydrogens is 284 g/mol. The largest absolute Gasteiger partial charge is 0.398 e. The van der Waals surface area contributed by atoms with E-state index in [4.69, 9.17) is 10.8 Å². The second kappa shape index (κ2) is 6.42. The van der Waals surface area contributed by atoms with E-state index < -0.39 is 0 Å². The van der Waals surface area contributed by atoms with Crippen molar-refractivity contribution in [3.05, 3.63) is 40.9 Å². The molecule has 0 aliphatic rings. The third-order valence-corrected chi connectivity index (χ3v) is 2.97. The summed E-state index contributed by atoms with van der Waals surface area (Å²) in [6.45, 7) is 4.18. The Bertz CT molecular complexity index is 421. The molecule has 0 unspecified atom stereocenters. The summed E-state index contributed by atoms with van der Waals surface area (Å²) < 4.78 is 0.756. The van der Waals surface area contributed by atoms with Gasteiger partial charge < -0.3 is 15.7 Å². The van der Waals surface area contributed by atoms with Gasteiger partial charge in [-0.15, -0.1) is 6.58 Å². The number of carbonyl (C=O) groups excluding carboxylic acids is 1. The molecule has 17 heavy (non-hydrogen) atoms. The summed E-state index contributed by atoms with van der Waals surface area (Å²) in [5, 5.41) is 8.90. The van der Waals surface area contributed by atoms with Crippen LogP contribution in [0.1, 0.15) is 10.4 Å². The molecule has 0 aromatic heterocycles. The van der Waals surface area contributed by atoms with Gasteiger partial charge in [-0.2, -0.15) is 0 Å². The average molecular weight is 299 g/mol. The number of aliphatic hydroxyl groups is 1. The Balaban J connectivity index is 2.92. The van der Waals surface area contributed by atoms with Crippen molar-refractivity contribution in [3.63, 3.8) is 0 Å². The number of halogens is 1. The molecule has 0 saturated heterocycles. The smallest absolute Gasteiger partial charge is 0.254 e. The minimum atomic E-state index is -0.168. The van der Waals surface area contributed by atoms with Crippen molar-refractivity contribution in [1.82, 2.24) is 4.90 Å². The predicted molar refractivity (Wildman–Crippen MR) is 71.7 cm³/mol. The van der Waals surface area contributed by atoms with E-state index in [-0.39, 0.29) is 19.1 Å². The van der Waals surface area contributed by atoms with Crippen LogP contribution in [0.5, 0.6) is 0 Å². The molecule has 0 spiro atoms. The SMILES string of the molecule is C=CCN(CCO)C(=O)c1ccc(Br)c(N)c1. The second-order valence-electron chi connectivity index (χ2n) is 3.50. The fourth-order valence-electron chi connectivity index (χ4n) is 1.41. The fourth-order valence-corrected chi connectivity index (χ4v) is 1.66. The van der Waals surface area contributed by atoms with Crippen LogP contribution in [0.25, 0.3) is 0 Å². The molecule has 1 aromatic rings. The molecule has 1 aromatic carbocycles. The standard InChI is InChI=1S/C12H15BrN2O2/c1-2-5-15(6-7-16)12(17)9-3-4-10(13)11(14)8-9/h2-4,8,16H,1,5-7,14H2. The molecule has 0 saturated carbocycles. The molecule has 5 heteroatoms. The van der Waals surface area contributed by atoms with Gasteiger partial charge >= 0.3 is 0 Å². The number of aliphatic hydroxyl groups excluding tert-OH is 1. The van der Waals surface area contributed by atoms with Gasteiger partial charge in [0.05, 0.1) is 6.61 Å². The maximum Gasteiger partial charge on any atom is 0.254 e. The van der Waals surface area contributed by atoms with Gasteiger partial charge in [0, 0.05) is 28.8 Å². The highest BCUT2D eigenvalue weighted by Crippen LogP contribution is 2.21. The van der Waals surface area contributed by atoms with E-state index in [1.807, 2.05) is 0 Å². The molecule has 0 fully saturated rings. The van der Waals surface area contributed by atoms with Gasteiger partial charge in [0.1, 0.15) is 0 Å². The molecule has 0 atom stereocenters. The summed E-state index contributed by atoms with van der Waals surface area (Å²) in [5.41, 5.74) is 6.73. The highest BCUT2D eigenvalue weighted by molar-refractivity contribution is 9.10. The highest BCUT2D eigenvalue weighted by Gasteiger charge is 2.14. The van der Waals surface area contributed by atoms with Gasteiger partial charge in [-0.25, -0.2) is 0 Å². The molecule has 1 rings (SSSR count). The van der Waals surface area contributed by atoms with Crippen molar-refractivity contribution in [2.75, 3.05) is 25.4 Å². The topological polar surface area (TPSA) is 66.6 Å². The Kier molecular flexibility index (Phi) is 5.18. The molecule has 0 bridgehead atoms. The first kappa shape index (κ1) is 13.7. The number of amides is 1. The summed E-state index contributed by atoms with van der Waals surface area (Å²) >= 11 is 3.27. The van der Waals surface area contributed by atoms with Crippen LogP contribution >= 0.6 is 15.9 Å². The number of benzene rings is 1. The number of nitrogens with zero attached hydrogens (tertiary/aromatic N) is 1. The molecule has 3 N–H and O–H groups in total. The molecule has 0 heterocycles. The minimum absolute atomic E-state index is 0.0778. The lowest BCUT2D eigenvalue weighted by Gasteiger charge is -2.20. The van der Waals surface area contributed by atoms with Gasteiger partial charge in [0.15, 0.2) is 0 Å². The van der Waals surface area contributed by atoms with Gasteiger partial charge in [-0.05, 0) is 34.1 Å². The lowest BCUT2D eigenvalue weighted by Crippen LogP contribution is -2.33. The van der Waals surface area contributed by atoms with Crippen molar-refractivity contribution in [2.45, 2.75) is 0 Å². The van der Waals surface area contributed by atoms with E-state index in [1.165, 1.54) is 4.90 Å². The van der Waals surface area contributed by atoms with Crippen LogP contribution in [0.2, 0.25) is 0 Å². The highest BCUT2D eigenvalue weighted by atomic mass is 79.9. The van der Waals surface area contributed by atoms with Crippen LogP contribution in [0.15, 0.2) is 35.3 Å². The molecule has 0 aliphatic carbocycles. The van der Waals surface area contributed by atoms with E-state index in [0.29, 0.717) is 17.8 Å². The number of nitrogens with two attached hydrogens (primary N) is 1. The van der Waals surface area contributed by atoms with Crippen LogP contribution in [-0.2, 0) is 0 Å². The quantitative estimate of drug-likeness (QED) is 0.642. The summed E-state index contributed by atoms with van der Waals surface area (Å²) in [4.78, 5) is 13.6. The number of carbonyl (C=O) groups is 1. The van der Waals surface area contributed by atoms with E-state index in [9.17, 15) is 4.79 Å². The molecule has 4 nitrogen and oxygen atoms in total. The maximum absolute atomic E-state index is 12.1. The zero-order valence-corrected chi connectivity index (χ0v) is 11.0. The van der Waals surface area contributed by atoms with E-state index in [2.05, 4.69) is 22.5 Å². The van der Waals surface area contributed by atoms with Crippen molar-refractivity contribution in [3.8, 4) is 0 Å². The molecule has 92 valence electrons. The molecule has 0 aliphatic heterocycles. The first-order valence-electron chi connectivity index (χ1n) is 5.16. The lowest BCUT2D eigenvalue weighted by molar-refractivity contribution is 0.0743. The second-order valence-corrected chi connectivity index (χ2v) is 4.35. The van der Waals surface area contributed by atoms with Crippen LogP contribution in [0.3, 0.4) is 0 Å². The fraction of sp³-hybridized carbons (Fsp3) is 0.250. The van der Waals surface area contributed by atoms with Crippen LogP contribution in [0, 0.1) is 0 Å². The first-order valence-corrected chi connectivity index (χ1v) is 5.95. The van der Waals surface area contributed by atoms with Gasteiger partial charge in [0.25, 0.3) is 5.91 Å². The Morgan fingerprint density at radius 2 is 2.29 bits per heavy atom. The lowest BCUT2D eigenvalue weighted by atomic mass is 10.1. The number of hydrogen-bond donors (Lipinski definition) is 2. The Morgan fingerprint density at radius 3 is 2.82 bits per heavy atom.